The summed E-state index contributed by atoms with van der Waals surface area (Å²) in [4.78, 5) is 14.6. The monoisotopic (exact) mass is 336 g/mol. The molecular formula is C19H29ClN2O. The Morgan fingerprint density at radius 3 is 2.65 bits per heavy atom. The largest absolute Gasteiger partial charge is 0.340 e. The minimum absolute atomic E-state index is 0. The van der Waals surface area contributed by atoms with Gasteiger partial charge in [-0.05, 0) is 30.2 Å². The third-order valence-electron chi connectivity index (χ3n) is 5.45. The van der Waals surface area contributed by atoms with Crippen LogP contribution in [-0.4, -0.2) is 29.9 Å². The molecule has 4 atom stereocenters. The molecule has 1 aliphatic heterocycles. The van der Waals surface area contributed by atoms with Crippen LogP contribution >= 0.6 is 12.4 Å². The molecule has 2 fully saturated rings. The first-order valence-corrected chi connectivity index (χ1v) is 8.71. The third-order valence-corrected chi connectivity index (χ3v) is 5.45. The molecule has 1 heterocycles. The van der Waals surface area contributed by atoms with E-state index in [0.29, 0.717) is 18.4 Å². The second-order valence-electron chi connectivity index (χ2n) is 7.32. The van der Waals surface area contributed by atoms with Crippen molar-refractivity contribution in [3.8, 4) is 0 Å². The highest BCUT2D eigenvalue weighted by Gasteiger charge is 2.34. The van der Waals surface area contributed by atoms with E-state index in [4.69, 9.17) is 5.73 Å². The molecule has 0 spiro atoms. The number of rotatable bonds is 3. The van der Waals surface area contributed by atoms with E-state index in [0.717, 1.165) is 18.9 Å². The highest BCUT2D eigenvalue weighted by Crippen LogP contribution is 2.32. The fourth-order valence-electron chi connectivity index (χ4n) is 4.21. The number of hydrogen-bond donors (Lipinski definition) is 1. The van der Waals surface area contributed by atoms with Crippen LogP contribution in [0.5, 0.6) is 0 Å². The molecule has 0 radical (unpaired) electrons. The number of nitrogens with zero attached hydrogens (tertiary/aromatic N) is 1. The number of halogens is 1. The highest BCUT2D eigenvalue weighted by molar-refractivity contribution is 5.85. The number of likely N-dealkylation sites (tertiary alicyclic amines) is 1. The quantitative estimate of drug-likeness (QED) is 0.917. The first-order valence-electron chi connectivity index (χ1n) is 8.71. The molecule has 1 saturated carbocycles. The second-order valence-corrected chi connectivity index (χ2v) is 7.32. The zero-order chi connectivity index (χ0) is 15.5. The smallest absolute Gasteiger partial charge is 0.222 e. The lowest BCUT2D eigenvalue weighted by Gasteiger charge is -2.28. The normalized spacial score (nSPS) is 30.8. The average Bonchev–Trinajstić information content (AvgIpc) is 2.90. The Hall–Kier alpha value is -1.06. The van der Waals surface area contributed by atoms with Crippen LogP contribution in [0.4, 0.5) is 0 Å². The molecule has 2 N–H and O–H groups in total. The van der Waals surface area contributed by atoms with E-state index in [9.17, 15) is 4.79 Å². The maximum Gasteiger partial charge on any atom is 0.222 e. The van der Waals surface area contributed by atoms with Crippen molar-refractivity contribution in [3.63, 3.8) is 0 Å². The number of carbonyl (C=O) groups excluding carboxylic acids is 1. The van der Waals surface area contributed by atoms with Crippen LogP contribution in [0.1, 0.15) is 50.5 Å². The zero-order valence-corrected chi connectivity index (χ0v) is 14.8. The van der Waals surface area contributed by atoms with Gasteiger partial charge in [0.2, 0.25) is 5.91 Å². The second kappa shape index (κ2) is 8.16. The van der Waals surface area contributed by atoms with Crippen molar-refractivity contribution in [2.45, 2.75) is 51.0 Å². The fraction of sp³-hybridized carbons (Fsp3) is 0.632. The SMILES string of the molecule is CC1CCCC(CC(=O)N2C[C@@H](N)[C@H](c3ccccc3)C2)C1.Cl. The summed E-state index contributed by atoms with van der Waals surface area (Å²) in [5, 5.41) is 0. The molecule has 0 bridgehead atoms. The Morgan fingerprint density at radius 2 is 1.96 bits per heavy atom. The predicted molar refractivity (Wildman–Crippen MR) is 96.7 cm³/mol. The van der Waals surface area contributed by atoms with Crippen molar-refractivity contribution in [2.24, 2.45) is 17.6 Å². The Kier molecular flexibility index (Phi) is 6.49. The van der Waals surface area contributed by atoms with Gasteiger partial charge in [0, 0.05) is 31.5 Å². The Morgan fingerprint density at radius 1 is 1.22 bits per heavy atom. The average molecular weight is 337 g/mol. The van der Waals surface area contributed by atoms with Gasteiger partial charge < -0.3 is 10.6 Å². The van der Waals surface area contributed by atoms with Gasteiger partial charge in [-0.25, -0.2) is 0 Å². The number of nitrogens with two attached hydrogens (primary N) is 1. The van der Waals surface area contributed by atoms with E-state index in [1.54, 1.807) is 0 Å². The van der Waals surface area contributed by atoms with Crippen molar-refractivity contribution < 1.29 is 4.79 Å². The van der Waals surface area contributed by atoms with Crippen molar-refractivity contribution >= 4 is 18.3 Å². The van der Waals surface area contributed by atoms with Gasteiger partial charge in [-0.2, -0.15) is 0 Å². The van der Waals surface area contributed by atoms with Crippen LogP contribution in [0.2, 0.25) is 0 Å². The van der Waals surface area contributed by atoms with Gasteiger partial charge in [0.15, 0.2) is 0 Å². The van der Waals surface area contributed by atoms with Gasteiger partial charge in [-0.1, -0.05) is 50.1 Å². The van der Waals surface area contributed by atoms with Gasteiger partial charge in [0.05, 0.1) is 0 Å². The molecule has 23 heavy (non-hydrogen) atoms. The molecule has 2 aliphatic rings. The summed E-state index contributed by atoms with van der Waals surface area (Å²) in [5.74, 6) is 1.97. The maximum atomic E-state index is 12.6. The summed E-state index contributed by atoms with van der Waals surface area (Å²) >= 11 is 0. The van der Waals surface area contributed by atoms with E-state index in [1.807, 2.05) is 11.0 Å². The lowest BCUT2D eigenvalue weighted by molar-refractivity contribution is -0.131. The van der Waals surface area contributed by atoms with Gasteiger partial charge in [-0.15, -0.1) is 12.4 Å². The Bertz CT molecular complexity index is 507. The van der Waals surface area contributed by atoms with Crippen LogP contribution < -0.4 is 5.73 Å². The lowest BCUT2D eigenvalue weighted by atomic mass is 9.80. The van der Waals surface area contributed by atoms with Gasteiger partial charge in [-0.3, -0.25) is 4.79 Å². The summed E-state index contributed by atoms with van der Waals surface area (Å²) in [6.07, 6.45) is 5.77. The van der Waals surface area contributed by atoms with E-state index < -0.39 is 0 Å². The molecule has 1 aromatic rings. The summed E-state index contributed by atoms with van der Waals surface area (Å²) < 4.78 is 0. The summed E-state index contributed by atoms with van der Waals surface area (Å²) in [7, 11) is 0. The topological polar surface area (TPSA) is 46.3 Å². The standard InChI is InChI=1S/C19H28N2O.ClH/c1-14-6-5-7-15(10-14)11-19(22)21-12-17(18(20)13-21)16-8-3-2-4-9-16;/h2-4,8-9,14-15,17-18H,5-7,10-13,20H2,1H3;1H/t14?,15?,17-,18+;/m0./s1. The highest BCUT2D eigenvalue weighted by atomic mass is 35.5. The van der Waals surface area contributed by atoms with E-state index in [1.165, 1.54) is 31.2 Å². The van der Waals surface area contributed by atoms with Gasteiger partial charge in [0.1, 0.15) is 0 Å². The molecule has 2 unspecified atom stereocenters. The molecule has 128 valence electrons. The van der Waals surface area contributed by atoms with Crippen molar-refractivity contribution in [2.75, 3.05) is 13.1 Å². The molecule has 3 nitrogen and oxygen atoms in total. The maximum absolute atomic E-state index is 12.6. The number of amides is 1. The number of benzene rings is 1. The van der Waals surface area contributed by atoms with E-state index in [2.05, 4.69) is 31.2 Å². The summed E-state index contributed by atoms with van der Waals surface area (Å²) in [6.45, 7) is 3.81. The predicted octanol–water partition coefficient (Wildman–Crippen LogP) is 3.58. The first-order chi connectivity index (χ1) is 10.6. The van der Waals surface area contributed by atoms with Crippen LogP contribution in [-0.2, 0) is 4.79 Å². The summed E-state index contributed by atoms with van der Waals surface area (Å²) in [6, 6.07) is 10.4. The van der Waals surface area contributed by atoms with E-state index in [-0.39, 0.29) is 24.4 Å². The van der Waals surface area contributed by atoms with Crippen LogP contribution in [0.3, 0.4) is 0 Å². The first kappa shape index (κ1) is 18.3. The molecule has 1 aromatic carbocycles. The Labute approximate surface area is 146 Å². The molecule has 1 amide bonds. The van der Waals surface area contributed by atoms with Gasteiger partial charge >= 0.3 is 0 Å². The molecule has 4 heteroatoms. The Balaban J connectivity index is 0.00000192. The van der Waals surface area contributed by atoms with Crippen molar-refractivity contribution in [1.29, 1.82) is 0 Å². The molecule has 1 aliphatic carbocycles. The lowest BCUT2D eigenvalue weighted by Crippen LogP contribution is -2.33. The molecule has 3 rings (SSSR count). The van der Waals surface area contributed by atoms with E-state index >= 15 is 0 Å². The number of hydrogen-bond acceptors (Lipinski definition) is 2. The number of carbonyl (C=O) groups is 1. The van der Waals surface area contributed by atoms with Crippen LogP contribution in [0.25, 0.3) is 0 Å². The van der Waals surface area contributed by atoms with Crippen molar-refractivity contribution in [3.05, 3.63) is 35.9 Å². The summed E-state index contributed by atoms with van der Waals surface area (Å²) in [5.41, 5.74) is 7.56. The van der Waals surface area contributed by atoms with Crippen molar-refractivity contribution in [1.82, 2.24) is 4.90 Å². The minimum Gasteiger partial charge on any atom is -0.340 e. The zero-order valence-electron chi connectivity index (χ0n) is 14.0. The third kappa shape index (κ3) is 4.48. The minimum atomic E-state index is 0. The fourth-order valence-corrected chi connectivity index (χ4v) is 4.21. The van der Waals surface area contributed by atoms with Crippen LogP contribution in [0, 0.1) is 11.8 Å². The molecule has 0 aromatic heterocycles. The molecule has 1 saturated heterocycles. The van der Waals surface area contributed by atoms with Crippen LogP contribution in [0.15, 0.2) is 30.3 Å². The molecular weight excluding hydrogens is 308 g/mol. The van der Waals surface area contributed by atoms with Gasteiger partial charge in [0.25, 0.3) is 0 Å².